The molecule has 4 atom stereocenters. The van der Waals surface area contributed by atoms with Crippen LogP contribution in [0.4, 0.5) is 8.78 Å². The molecule has 2 saturated carbocycles. The number of hydrogen-bond acceptors (Lipinski definition) is 1. The van der Waals surface area contributed by atoms with Crippen LogP contribution in [-0.2, 0) is 4.74 Å². The van der Waals surface area contributed by atoms with Crippen LogP contribution in [0.3, 0.4) is 0 Å². The molecule has 0 spiro atoms. The van der Waals surface area contributed by atoms with Crippen LogP contribution >= 0.6 is 0 Å². The van der Waals surface area contributed by atoms with Crippen molar-refractivity contribution in [3.8, 4) is 0 Å². The fraction of sp³-hybridized carbons (Fsp3) is 1.00. The van der Waals surface area contributed by atoms with Crippen LogP contribution in [0.25, 0.3) is 0 Å². The highest BCUT2D eigenvalue weighted by Gasteiger charge is 2.40. The Labute approximate surface area is 141 Å². The van der Waals surface area contributed by atoms with Gasteiger partial charge < -0.3 is 4.74 Å². The van der Waals surface area contributed by atoms with Crippen molar-refractivity contribution in [3.63, 3.8) is 0 Å². The predicted molar refractivity (Wildman–Crippen MR) is 92.1 cm³/mol. The molecular weight excluding hydrogens is 294 g/mol. The molecule has 0 aliphatic heterocycles. The van der Waals surface area contributed by atoms with Crippen molar-refractivity contribution in [3.05, 3.63) is 0 Å². The van der Waals surface area contributed by atoms with E-state index >= 15 is 0 Å². The lowest BCUT2D eigenvalue weighted by molar-refractivity contribution is -0.0760. The van der Waals surface area contributed by atoms with Crippen molar-refractivity contribution in [2.24, 2.45) is 17.8 Å². The first-order valence-corrected chi connectivity index (χ1v) is 10.0. The molecule has 0 amide bonds. The molecule has 4 unspecified atom stereocenters. The lowest BCUT2D eigenvalue weighted by atomic mass is 9.75. The Morgan fingerprint density at radius 2 is 1.39 bits per heavy atom. The molecule has 3 heteroatoms. The minimum absolute atomic E-state index is 0.0835. The van der Waals surface area contributed by atoms with E-state index in [0.29, 0.717) is 13.0 Å². The number of alkyl halides is 2. The summed E-state index contributed by atoms with van der Waals surface area (Å²) in [4.78, 5) is 0. The largest absolute Gasteiger partial charge is 0.375 e. The Hall–Kier alpha value is -0.180. The van der Waals surface area contributed by atoms with Gasteiger partial charge in [-0.25, -0.2) is 8.78 Å². The summed E-state index contributed by atoms with van der Waals surface area (Å²) < 4.78 is 34.1. The van der Waals surface area contributed by atoms with Crippen molar-refractivity contribution < 1.29 is 13.5 Å². The average Bonchev–Trinajstić information content (AvgIpc) is 2.57. The average molecular weight is 331 g/mol. The summed E-state index contributed by atoms with van der Waals surface area (Å²) in [5, 5.41) is 0. The summed E-state index contributed by atoms with van der Waals surface area (Å²) in [5.74, 6) is 1.59. The zero-order valence-electron chi connectivity index (χ0n) is 15.1. The monoisotopic (exact) mass is 330 g/mol. The van der Waals surface area contributed by atoms with Gasteiger partial charge in [0.1, 0.15) is 6.17 Å². The molecule has 0 aromatic rings. The van der Waals surface area contributed by atoms with Gasteiger partial charge in [-0.05, 0) is 43.4 Å². The molecule has 0 radical (unpaired) electrons. The van der Waals surface area contributed by atoms with E-state index in [4.69, 9.17) is 4.74 Å². The third kappa shape index (κ3) is 5.69. The molecule has 136 valence electrons. The second-order valence-corrected chi connectivity index (χ2v) is 7.89. The van der Waals surface area contributed by atoms with E-state index in [1.165, 1.54) is 38.5 Å². The molecule has 0 bridgehead atoms. The first kappa shape index (κ1) is 19.1. The van der Waals surface area contributed by atoms with Gasteiger partial charge in [-0.2, -0.15) is 0 Å². The second kappa shape index (κ2) is 9.96. The zero-order chi connectivity index (χ0) is 16.7. The van der Waals surface area contributed by atoms with Crippen LogP contribution in [0.15, 0.2) is 0 Å². The minimum Gasteiger partial charge on any atom is -0.375 e. The van der Waals surface area contributed by atoms with Gasteiger partial charge in [-0.1, -0.05) is 58.8 Å². The molecule has 23 heavy (non-hydrogen) atoms. The first-order valence-electron chi connectivity index (χ1n) is 10.0. The smallest absolute Gasteiger partial charge is 0.157 e. The second-order valence-electron chi connectivity index (χ2n) is 7.89. The third-order valence-corrected chi connectivity index (χ3v) is 6.08. The Balaban J connectivity index is 1.68. The molecule has 2 aliphatic carbocycles. The highest BCUT2D eigenvalue weighted by molar-refractivity contribution is 4.89. The minimum atomic E-state index is -1.42. The maximum absolute atomic E-state index is 14.4. The van der Waals surface area contributed by atoms with Crippen LogP contribution in [0.5, 0.6) is 0 Å². The number of rotatable bonds is 8. The Kier molecular flexibility index (Phi) is 8.29. The molecule has 0 heterocycles. The van der Waals surface area contributed by atoms with Crippen molar-refractivity contribution in [2.45, 2.75) is 103 Å². The molecule has 2 aliphatic rings. The fourth-order valence-corrected chi connectivity index (χ4v) is 4.58. The molecule has 0 aromatic heterocycles. The zero-order valence-corrected chi connectivity index (χ0v) is 15.1. The van der Waals surface area contributed by atoms with Gasteiger partial charge in [0.25, 0.3) is 0 Å². The Morgan fingerprint density at radius 3 is 2.00 bits per heavy atom. The van der Waals surface area contributed by atoms with Crippen LogP contribution in [0, 0.1) is 17.8 Å². The van der Waals surface area contributed by atoms with Crippen molar-refractivity contribution in [1.29, 1.82) is 0 Å². The lowest BCUT2D eigenvalue weighted by Gasteiger charge is -2.36. The standard InChI is InChI=1S/C20H36F2O/c1-3-5-15-6-8-16(9-7-15)10-11-17-12-13-18(23-14-4-2)20(22)19(17)21/h15-20H,3-14H2,1-2H3. The van der Waals surface area contributed by atoms with E-state index < -0.39 is 18.4 Å². The molecule has 0 N–H and O–H groups in total. The molecule has 0 saturated heterocycles. The van der Waals surface area contributed by atoms with E-state index in [0.717, 1.165) is 37.5 Å². The first-order chi connectivity index (χ1) is 11.2. The van der Waals surface area contributed by atoms with Crippen LogP contribution in [0.1, 0.15) is 84.5 Å². The summed E-state index contributed by atoms with van der Waals surface area (Å²) in [6.45, 7) is 4.81. The van der Waals surface area contributed by atoms with Gasteiger partial charge in [0.15, 0.2) is 6.17 Å². The van der Waals surface area contributed by atoms with Gasteiger partial charge in [0.2, 0.25) is 0 Å². The highest BCUT2D eigenvalue weighted by Crippen LogP contribution is 2.38. The number of halogens is 2. The van der Waals surface area contributed by atoms with Gasteiger partial charge in [-0.3, -0.25) is 0 Å². The molecular formula is C20H36F2O. The predicted octanol–water partition coefficient (Wildman–Crippen LogP) is 6.25. The van der Waals surface area contributed by atoms with E-state index in [2.05, 4.69) is 6.92 Å². The quantitative estimate of drug-likeness (QED) is 0.511. The SMILES string of the molecule is CCCOC1CCC(CCC2CCC(CCC)CC2)C(F)C1F. The topological polar surface area (TPSA) is 9.23 Å². The van der Waals surface area contributed by atoms with Crippen molar-refractivity contribution in [1.82, 2.24) is 0 Å². The van der Waals surface area contributed by atoms with Gasteiger partial charge in [0.05, 0.1) is 6.10 Å². The van der Waals surface area contributed by atoms with Gasteiger partial charge in [0, 0.05) is 6.61 Å². The maximum atomic E-state index is 14.4. The molecule has 2 rings (SSSR count). The summed E-state index contributed by atoms with van der Waals surface area (Å²) in [6.07, 6.45) is 9.02. The Morgan fingerprint density at radius 1 is 0.739 bits per heavy atom. The van der Waals surface area contributed by atoms with Gasteiger partial charge in [-0.15, -0.1) is 0 Å². The maximum Gasteiger partial charge on any atom is 0.157 e. The van der Waals surface area contributed by atoms with E-state index in [-0.39, 0.29) is 5.92 Å². The number of hydrogen-bond donors (Lipinski definition) is 0. The van der Waals surface area contributed by atoms with Crippen LogP contribution in [0.2, 0.25) is 0 Å². The van der Waals surface area contributed by atoms with Crippen LogP contribution < -0.4 is 0 Å². The molecule has 1 nitrogen and oxygen atoms in total. The van der Waals surface area contributed by atoms with Crippen LogP contribution in [-0.4, -0.2) is 25.1 Å². The summed E-state index contributed by atoms with van der Waals surface area (Å²) in [5.41, 5.74) is 0. The fourth-order valence-electron chi connectivity index (χ4n) is 4.58. The highest BCUT2D eigenvalue weighted by atomic mass is 19.2. The van der Waals surface area contributed by atoms with Crippen molar-refractivity contribution >= 4 is 0 Å². The number of ether oxygens (including phenoxy) is 1. The summed E-state index contributed by atoms with van der Waals surface area (Å²) >= 11 is 0. The van der Waals surface area contributed by atoms with E-state index in [1.54, 1.807) is 0 Å². The van der Waals surface area contributed by atoms with Gasteiger partial charge >= 0.3 is 0 Å². The van der Waals surface area contributed by atoms with E-state index in [9.17, 15) is 8.78 Å². The molecule has 2 fully saturated rings. The Bertz CT molecular complexity index is 315. The van der Waals surface area contributed by atoms with Crippen molar-refractivity contribution in [2.75, 3.05) is 6.61 Å². The summed E-state index contributed by atoms with van der Waals surface area (Å²) in [7, 11) is 0. The molecule has 0 aromatic carbocycles. The lowest BCUT2D eigenvalue weighted by Crippen LogP contribution is -2.43. The third-order valence-electron chi connectivity index (χ3n) is 6.08. The van der Waals surface area contributed by atoms with E-state index in [1.807, 2.05) is 6.92 Å². The summed E-state index contributed by atoms with van der Waals surface area (Å²) in [6, 6.07) is 0. The normalized spacial score (nSPS) is 38.6.